The van der Waals surface area contributed by atoms with E-state index >= 15 is 26.3 Å². The molecule has 0 radical (unpaired) electrons. The number of rotatable bonds is 2. The highest BCUT2D eigenvalue weighted by atomic mass is 19.4. The minimum atomic E-state index is -4.67. The van der Waals surface area contributed by atoms with E-state index in [0.717, 1.165) is 71.6 Å². The number of halogens is 6. The molecule has 0 spiro atoms. The zero-order valence-corrected chi connectivity index (χ0v) is 41.5. The molecule has 0 amide bonds. The Bertz CT molecular complexity index is 4670. The van der Waals surface area contributed by atoms with Gasteiger partial charge in [-0.1, -0.05) is 109 Å². The molecule has 10 aromatic carbocycles. The molecule has 2 aliphatic heterocycles. The molecule has 5 nitrogen and oxygen atoms in total. The number of hydrogen-bond acceptors (Lipinski definition) is 3. The van der Waals surface area contributed by atoms with Crippen LogP contribution < -0.4 is 0 Å². The summed E-state index contributed by atoms with van der Waals surface area (Å²) in [5.41, 5.74) is 6.79. The van der Waals surface area contributed by atoms with Crippen molar-refractivity contribution < 1.29 is 26.3 Å². The maximum atomic E-state index is 15.1. The predicted octanol–water partition coefficient (Wildman–Crippen LogP) is 19.3. The molecule has 2 N–H and O–H groups in total. The van der Waals surface area contributed by atoms with Gasteiger partial charge in [-0.3, -0.25) is 0 Å². The summed E-state index contributed by atoms with van der Waals surface area (Å²) in [6.45, 7) is 3.33. The molecule has 13 aromatic rings. The van der Waals surface area contributed by atoms with Crippen molar-refractivity contribution in [3.63, 3.8) is 0 Å². The minimum Gasteiger partial charge on any atom is -0.354 e. The second kappa shape index (κ2) is 16.4. The number of hydrogen-bond donors (Lipinski definition) is 2. The summed E-state index contributed by atoms with van der Waals surface area (Å²) in [6, 6.07) is 58.1. The Morgan fingerprint density at radius 2 is 0.756 bits per heavy atom. The lowest BCUT2D eigenvalue weighted by atomic mass is 9.92. The third-order valence-electron chi connectivity index (χ3n) is 15.5. The molecular formula is C67H39F6N5. The Balaban J connectivity index is 1.23. The molecule has 11 heteroatoms. The van der Waals surface area contributed by atoms with Crippen LogP contribution >= 0.6 is 0 Å². The Hall–Kier alpha value is -9.61. The molecule has 15 rings (SSSR count). The van der Waals surface area contributed by atoms with Gasteiger partial charge in [-0.05, 0) is 158 Å². The van der Waals surface area contributed by atoms with Gasteiger partial charge in [0.15, 0.2) is 5.82 Å². The smallest absolute Gasteiger partial charge is 0.354 e. The number of aryl methyl sites for hydroxylation is 2. The van der Waals surface area contributed by atoms with Crippen molar-refractivity contribution in [2.24, 2.45) is 0 Å². The highest BCUT2D eigenvalue weighted by Gasteiger charge is 2.34. The molecule has 2 aliphatic rings. The number of nitrogens with one attached hydrogen (secondary N) is 2. The molecule has 0 aliphatic carbocycles. The summed E-state index contributed by atoms with van der Waals surface area (Å²) in [5.74, 6) is 0.289. The van der Waals surface area contributed by atoms with Crippen molar-refractivity contribution in [1.82, 2.24) is 24.9 Å². The van der Waals surface area contributed by atoms with Crippen molar-refractivity contribution in [2.45, 2.75) is 26.2 Å². The van der Waals surface area contributed by atoms with Crippen LogP contribution in [0.1, 0.15) is 22.3 Å². The van der Waals surface area contributed by atoms with Crippen LogP contribution in [0.4, 0.5) is 26.3 Å². The first-order chi connectivity index (χ1) is 37.7. The van der Waals surface area contributed by atoms with Crippen LogP contribution in [0.25, 0.3) is 154 Å². The quantitative estimate of drug-likeness (QED) is 0.170. The van der Waals surface area contributed by atoms with Gasteiger partial charge in [0.05, 0.1) is 39.2 Å². The van der Waals surface area contributed by atoms with Crippen LogP contribution in [0.3, 0.4) is 0 Å². The van der Waals surface area contributed by atoms with Crippen LogP contribution in [0, 0.1) is 13.8 Å². The maximum Gasteiger partial charge on any atom is 0.416 e. The maximum absolute atomic E-state index is 15.1. The Morgan fingerprint density at radius 3 is 1.26 bits per heavy atom. The number of H-pyrrole nitrogens is 2. The van der Waals surface area contributed by atoms with E-state index in [-0.39, 0.29) is 5.82 Å². The third kappa shape index (κ3) is 7.21. The molecule has 0 fully saturated rings. The molecule has 0 unspecified atom stereocenters. The van der Waals surface area contributed by atoms with Gasteiger partial charge in [-0.25, -0.2) is 15.0 Å². The summed E-state index contributed by atoms with van der Waals surface area (Å²) in [4.78, 5) is 23.9. The average molecular weight is 1030 g/mol. The summed E-state index contributed by atoms with van der Waals surface area (Å²) < 4.78 is 90.6. The van der Waals surface area contributed by atoms with Gasteiger partial charge < -0.3 is 9.97 Å². The first-order valence-corrected chi connectivity index (χ1v) is 25.4. The Labute approximate surface area is 440 Å². The summed E-state index contributed by atoms with van der Waals surface area (Å²) in [6.07, 6.45) is -9.34. The monoisotopic (exact) mass is 1030 g/mol. The van der Waals surface area contributed by atoms with Gasteiger partial charge in [-0.2, -0.15) is 26.3 Å². The molecule has 0 saturated carbocycles. The van der Waals surface area contributed by atoms with E-state index in [1.165, 1.54) is 12.1 Å². The fraction of sp³-hybridized carbons (Fsp3) is 0.0597. The topological polar surface area (TPSA) is 70.2 Å². The summed E-state index contributed by atoms with van der Waals surface area (Å²) in [5, 5.41) is 10.1. The summed E-state index contributed by atoms with van der Waals surface area (Å²) >= 11 is 0. The number of fused-ring (bicyclic) bond motifs is 24. The predicted molar refractivity (Wildman–Crippen MR) is 303 cm³/mol. The van der Waals surface area contributed by atoms with E-state index in [1.54, 1.807) is 26.0 Å². The third-order valence-corrected chi connectivity index (χ3v) is 15.5. The highest BCUT2D eigenvalue weighted by molar-refractivity contribution is 6.20. The lowest BCUT2D eigenvalue weighted by molar-refractivity contribution is -0.138. The zero-order chi connectivity index (χ0) is 52.9. The largest absolute Gasteiger partial charge is 0.416 e. The number of nitrogens with zero attached hydrogens (tertiary/aromatic N) is 3. The van der Waals surface area contributed by atoms with Gasteiger partial charge in [0.25, 0.3) is 0 Å². The van der Waals surface area contributed by atoms with E-state index in [1.807, 2.05) is 133 Å². The van der Waals surface area contributed by atoms with Crippen molar-refractivity contribution in [2.75, 3.05) is 0 Å². The molecule has 374 valence electrons. The molecule has 0 saturated heterocycles. The Kier molecular flexibility index (Phi) is 9.65. The standard InChI is InChI=1S/C67H39F6N5/c1-34-19-44(23-46(21-34)66(68,69)70)58-60-50-27-38-13-5-3-11-36(38)25-48(50)56(74-60)33-57-49-26-37-12-4-6-14-39(37)28-51(49)61(75-57)59(45-20-35(2)22-47(24-45)67(71,72)73)63-53-30-41-16-8-10-18-43(41)32-55(53)65(77-63)78-64-54-31-42-17-9-7-15-40(42)29-52(54)62(58)76-64/h3-33,74H,1-2H3,(H,76,77,78). The van der Waals surface area contributed by atoms with Crippen LogP contribution in [-0.2, 0) is 12.4 Å². The van der Waals surface area contributed by atoms with Crippen LogP contribution in [0.2, 0.25) is 0 Å². The van der Waals surface area contributed by atoms with Gasteiger partial charge in [0.2, 0.25) is 0 Å². The summed E-state index contributed by atoms with van der Waals surface area (Å²) in [7, 11) is 0. The fourth-order valence-corrected chi connectivity index (χ4v) is 12.0. The number of aromatic nitrogens is 5. The number of benzene rings is 10. The number of alkyl halides is 6. The SMILES string of the molecule is Cc1cc(-c2c3nc(nc4[nH]c(c(-c5cc(C)cc(C(F)(F)F)c5)c5nc(cc6[nH]c2c2cc7ccccc7cc62)-c2cc6ccccc6cc2-5)c2cc5ccccc5cc42)-c2cc4ccccc4cc2-3)cc(C(F)(F)F)c1. The molecule has 0 atom stereocenters. The van der Waals surface area contributed by atoms with E-state index in [4.69, 9.17) is 15.0 Å². The van der Waals surface area contributed by atoms with Crippen LogP contribution in [0.5, 0.6) is 0 Å². The van der Waals surface area contributed by atoms with Crippen LogP contribution in [0.15, 0.2) is 188 Å². The van der Waals surface area contributed by atoms with Crippen molar-refractivity contribution in [1.29, 1.82) is 0 Å². The molecule has 78 heavy (non-hydrogen) atoms. The van der Waals surface area contributed by atoms with Crippen LogP contribution in [-0.4, -0.2) is 24.9 Å². The van der Waals surface area contributed by atoms with Gasteiger partial charge >= 0.3 is 12.4 Å². The molecule has 5 heterocycles. The number of aromatic amines is 2. The van der Waals surface area contributed by atoms with Gasteiger partial charge in [0.1, 0.15) is 5.65 Å². The molecule has 8 bridgehead atoms. The second-order valence-electron chi connectivity index (χ2n) is 20.5. The van der Waals surface area contributed by atoms with E-state index in [9.17, 15) is 0 Å². The first kappa shape index (κ1) is 45.8. The average Bonchev–Trinajstić information content (AvgIpc) is 4.20. The minimum absolute atomic E-state index is 0.289. The van der Waals surface area contributed by atoms with E-state index in [2.05, 4.69) is 28.2 Å². The lowest BCUT2D eigenvalue weighted by Crippen LogP contribution is -2.05. The highest BCUT2D eigenvalue weighted by Crippen LogP contribution is 2.50. The van der Waals surface area contributed by atoms with E-state index in [0.29, 0.717) is 100 Å². The molecular weight excluding hydrogens is 989 g/mol. The van der Waals surface area contributed by atoms with E-state index < -0.39 is 23.5 Å². The first-order valence-electron chi connectivity index (χ1n) is 25.4. The lowest BCUT2D eigenvalue weighted by Gasteiger charge is -2.13. The van der Waals surface area contributed by atoms with Gasteiger partial charge in [0, 0.05) is 60.4 Å². The van der Waals surface area contributed by atoms with Crippen molar-refractivity contribution >= 4 is 86.8 Å². The normalized spacial score (nSPS) is 12.6. The second-order valence-corrected chi connectivity index (χ2v) is 20.5. The zero-order valence-electron chi connectivity index (χ0n) is 41.5. The van der Waals surface area contributed by atoms with Gasteiger partial charge in [-0.15, -0.1) is 0 Å². The fourth-order valence-electron chi connectivity index (χ4n) is 12.0. The molecule has 3 aromatic heterocycles. The van der Waals surface area contributed by atoms with Crippen molar-refractivity contribution in [3.05, 3.63) is 210 Å². The Morgan fingerprint density at radius 1 is 0.359 bits per heavy atom. The van der Waals surface area contributed by atoms with Crippen molar-refractivity contribution in [3.8, 4) is 67.4 Å².